The summed E-state index contributed by atoms with van der Waals surface area (Å²) in [6, 6.07) is 17.8. The zero-order valence-electron chi connectivity index (χ0n) is 20.1. The Morgan fingerprint density at radius 3 is 2.56 bits per heavy atom. The van der Waals surface area contributed by atoms with Crippen molar-refractivity contribution in [1.29, 1.82) is 0 Å². The van der Waals surface area contributed by atoms with E-state index in [0.717, 1.165) is 12.1 Å². The lowest BCUT2D eigenvalue weighted by Crippen LogP contribution is -2.40. The van der Waals surface area contributed by atoms with Crippen LogP contribution in [-0.2, 0) is 11.3 Å². The number of rotatable bonds is 6. The third-order valence-electron chi connectivity index (χ3n) is 5.99. The number of aryl methyl sites for hydroxylation is 1. The first-order chi connectivity index (χ1) is 17.5. The van der Waals surface area contributed by atoms with Crippen molar-refractivity contribution >= 4 is 29.0 Å². The van der Waals surface area contributed by atoms with Crippen LogP contribution in [0.2, 0.25) is 0 Å². The molecule has 0 saturated heterocycles. The summed E-state index contributed by atoms with van der Waals surface area (Å²) in [6.45, 7) is 4.55. The Hall–Kier alpha value is -4.24. The lowest BCUT2D eigenvalue weighted by atomic mass is 9.95. The molecule has 3 heterocycles. The first kappa shape index (κ1) is 23.5. The molecule has 2 aromatic heterocycles. The van der Waals surface area contributed by atoms with Crippen molar-refractivity contribution in [3.05, 3.63) is 109 Å². The van der Waals surface area contributed by atoms with Gasteiger partial charge in [0.1, 0.15) is 5.75 Å². The number of amides is 1. The number of thiazole rings is 1. The maximum absolute atomic E-state index is 13.7. The molecule has 0 bridgehead atoms. The second-order valence-corrected chi connectivity index (χ2v) is 9.28. The van der Waals surface area contributed by atoms with E-state index in [2.05, 4.69) is 15.4 Å². The molecule has 1 amide bonds. The number of hydrogen-bond donors (Lipinski definition) is 1. The number of carbonyl (C=O) groups is 1. The molecule has 0 saturated carbocycles. The third kappa shape index (κ3) is 4.40. The molecule has 4 aromatic rings. The van der Waals surface area contributed by atoms with Crippen molar-refractivity contribution in [2.24, 2.45) is 4.99 Å². The molecule has 1 aliphatic rings. The molecular formula is C27H25N5O3S. The van der Waals surface area contributed by atoms with E-state index < -0.39 is 6.04 Å². The van der Waals surface area contributed by atoms with Crippen LogP contribution >= 0.6 is 11.3 Å². The predicted octanol–water partition coefficient (Wildman–Crippen LogP) is 3.10. The second kappa shape index (κ2) is 9.79. The molecule has 1 aliphatic heterocycles. The van der Waals surface area contributed by atoms with Crippen LogP contribution in [0, 0.1) is 0 Å². The van der Waals surface area contributed by atoms with Gasteiger partial charge in [-0.25, -0.2) is 4.99 Å². The van der Waals surface area contributed by atoms with Gasteiger partial charge >= 0.3 is 0 Å². The molecular weight excluding hydrogens is 474 g/mol. The summed E-state index contributed by atoms with van der Waals surface area (Å²) < 4.78 is 9.23. The summed E-state index contributed by atoms with van der Waals surface area (Å²) in [4.78, 5) is 32.5. The second-order valence-electron chi connectivity index (χ2n) is 8.27. The number of para-hydroxylation sites is 1. The van der Waals surface area contributed by atoms with Crippen molar-refractivity contribution < 1.29 is 9.53 Å². The summed E-state index contributed by atoms with van der Waals surface area (Å²) in [5.74, 6) is 0.382. The lowest BCUT2D eigenvalue weighted by Gasteiger charge is -2.25. The van der Waals surface area contributed by atoms with Crippen molar-refractivity contribution in [1.82, 2.24) is 14.3 Å². The fourth-order valence-electron chi connectivity index (χ4n) is 4.20. The summed E-state index contributed by atoms with van der Waals surface area (Å²) in [5, 5.41) is 7.43. The molecule has 0 aliphatic carbocycles. The van der Waals surface area contributed by atoms with Gasteiger partial charge in [0, 0.05) is 18.4 Å². The number of fused-ring (bicyclic) bond motifs is 1. The van der Waals surface area contributed by atoms with Crippen molar-refractivity contribution in [3.8, 4) is 5.75 Å². The molecule has 0 radical (unpaired) electrons. The van der Waals surface area contributed by atoms with Crippen molar-refractivity contribution in [2.45, 2.75) is 26.4 Å². The van der Waals surface area contributed by atoms with Crippen LogP contribution in [-0.4, -0.2) is 27.4 Å². The van der Waals surface area contributed by atoms with Crippen molar-refractivity contribution in [2.75, 3.05) is 12.4 Å². The average molecular weight is 500 g/mol. The quantitative estimate of drug-likeness (QED) is 0.442. The molecule has 8 nitrogen and oxygen atoms in total. The molecule has 1 N–H and O–H groups in total. The Morgan fingerprint density at radius 2 is 1.89 bits per heavy atom. The van der Waals surface area contributed by atoms with E-state index in [4.69, 9.17) is 4.74 Å². The SMILES string of the molecule is CCn1ccc(/C=c2/sc3n(c2=O)C(c2ccc(OC)cc2)C(C(=O)Nc2ccccc2)=C(C)N=3)n1. The number of nitrogens with zero attached hydrogens (tertiary/aromatic N) is 4. The highest BCUT2D eigenvalue weighted by Crippen LogP contribution is 2.31. The smallest absolute Gasteiger partial charge is 0.271 e. The van der Waals surface area contributed by atoms with E-state index >= 15 is 0 Å². The molecule has 5 rings (SSSR count). The predicted molar refractivity (Wildman–Crippen MR) is 140 cm³/mol. The number of hydrogen-bond acceptors (Lipinski definition) is 6. The number of anilines is 1. The summed E-state index contributed by atoms with van der Waals surface area (Å²) in [5.41, 5.74) is 2.90. The van der Waals surface area contributed by atoms with Crippen LogP contribution in [0.1, 0.15) is 31.1 Å². The van der Waals surface area contributed by atoms with E-state index in [-0.39, 0.29) is 11.5 Å². The molecule has 1 unspecified atom stereocenters. The van der Waals surface area contributed by atoms with Crippen LogP contribution in [0.25, 0.3) is 6.08 Å². The van der Waals surface area contributed by atoms with Crippen LogP contribution in [0.5, 0.6) is 5.75 Å². The van der Waals surface area contributed by atoms with Gasteiger partial charge in [-0.1, -0.05) is 41.7 Å². The van der Waals surface area contributed by atoms with E-state index in [1.165, 1.54) is 11.3 Å². The van der Waals surface area contributed by atoms with E-state index in [9.17, 15) is 9.59 Å². The Balaban J connectivity index is 1.66. The van der Waals surface area contributed by atoms with Crippen LogP contribution in [0.15, 0.2) is 87.9 Å². The largest absolute Gasteiger partial charge is 0.497 e. The summed E-state index contributed by atoms with van der Waals surface area (Å²) in [6.07, 6.45) is 3.64. The Labute approximate surface area is 211 Å². The molecule has 1 atom stereocenters. The lowest BCUT2D eigenvalue weighted by molar-refractivity contribution is -0.113. The van der Waals surface area contributed by atoms with E-state index in [1.807, 2.05) is 73.8 Å². The van der Waals surface area contributed by atoms with Crippen LogP contribution in [0.4, 0.5) is 5.69 Å². The highest BCUT2D eigenvalue weighted by Gasteiger charge is 2.32. The van der Waals surface area contributed by atoms with Gasteiger partial charge in [0.25, 0.3) is 11.5 Å². The van der Waals surface area contributed by atoms with E-state index in [0.29, 0.717) is 37.7 Å². The van der Waals surface area contributed by atoms with Gasteiger partial charge < -0.3 is 10.1 Å². The summed E-state index contributed by atoms with van der Waals surface area (Å²) in [7, 11) is 1.60. The first-order valence-corrected chi connectivity index (χ1v) is 12.4. The maximum atomic E-state index is 13.7. The Kier molecular flexibility index (Phi) is 6.39. The fraction of sp³-hybridized carbons (Fsp3) is 0.185. The minimum Gasteiger partial charge on any atom is -0.497 e. The molecule has 2 aromatic carbocycles. The van der Waals surface area contributed by atoms with Gasteiger partial charge in [-0.2, -0.15) is 5.10 Å². The zero-order valence-corrected chi connectivity index (χ0v) is 21.0. The van der Waals surface area contributed by atoms with Gasteiger partial charge in [-0.15, -0.1) is 0 Å². The van der Waals surface area contributed by atoms with Gasteiger partial charge in [0.15, 0.2) is 4.80 Å². The number of methoxy groups -OCH3 is 1. The molecule has 0 spiro atoms. The Morgan fingerprint density at radius 1 is 1.14 bits per heavy atom. The number of ether oxygens (including phenoxy) is 1. The number of allylic oxidation sites excluding steroid dienone is 1. The summed E-state index contributed by atoms with van der Waals surface area (Å²) >= 11 is 1.29. The van der Waals surface area contributed by atoms with E-state index in [1.54, 1.807) is 29.4 Å². The topological polar surface area (TPSA) is 90.5 Å². The monoisotopic (exact) mass is 499 g/mol. The number of benzene rings is 2. The normalized spacial score (nSPS) is 15.4. The van der Waals surface area contributed by atoms with Gasteiger partial charge in [-0.3, -0.25) is 18.8 Å². The zero-order chi connectivity index (χ0) is 25.2. The fourth-order valence-corrected chi connectivity index (χ4v) is 5.23. The average Bonchev–Trinajstić information content (AvgIpc) is 3.47. The minimum atomic E-state index is -0.647. The molecule has 0 fully saturated rings. The Bertz CT molecular complexity index is 1630. The molecule has 36 heavy (non-hydrogen) atoms. The van der Waals surface area contributed by atoms with Gasteiger partial charge in [0.2, 0.25) is 0 Å². The molecule has 182 valence electrons. The van der Waals surface area contributed by atoms with Crippen LogP contribution < -0.4 is 24.9 Å². The standard InChI is InChI=1S/C27H25N5O3S/c1-4-31-15-14-20(30-31)16-22-26(34)32-24(18-10-12-21(35-3)13-11-18)23(17(2)28-27(32)36-22)25(33)29-19-8-6-5-7-9-19/h5-16,24H,4H2,1-3H3,(H,29,33)/b22-16+. The highest BCUT2D eigenvalue weighted by atomic mass is 32.1. The number of nitrogens with one attached hydrogen (secondary N) is 1. The maximum Gasteiger partial charge on any atom is 0.271 e. The third-order valence-corrected chi connectivity index (χ3v) is 6.98. The minimum absolute atomic E-state index is 0.219. The number of carbonyl (C=O) groups excluding carboxylic acids is 1. The first-order valence-electron chi connectivity index (χ1n) is 11.5. The van der Waals surface area contributed by atoms with Gasteiger partial charge in [-0.05, 0) is 55.8 Å². The molecule has 9 heteroatoms. The highest BCUT2D eigenvalue weighted by molar-refractivity contribution is 7.07. The number of aromatic nitrogens is 3. The van der Waals surface area contributed by atoms with Crippen molar-refractivity contribution in [3.63, 3.8) is 0 Å². The van der Waals surface area contributed by atoms with Gasteiger partial charge in [0.05, 0.1) is 34.6 Å². The van der Waals surface area contributed by atoms with Crippen LogP contribution in [0.3, 0.4) is 0 Å².